The standard InChI is InChI=1S/C16H11N3OS/c20-15-14-13(11-8-4-5-9-12(11)18-14)19-16(21-15)17-10-6-2-1-3-7-10/h1-9,18H,(H,17,19). The molecule has 2 aromatic carbocycles. The van der Waals surface area contributed by atoms with Crippen LogP contribution in [0.15, 0.2) is 59.4 Å². The van der Waals surface area contributed by atoms with Crippen molar-refractivity contribution in [2.45, 2.75) is 0 Å². The molecular formula is C16H11N3OS. The lowest BCUT2D eigenvalue weighted by Gasteiger charge is -2.03. The van der Waals surface area contributed by atoms with E-state index in [9.17, 15) is 4.79 Å². The van der Waals surface area contributed by atoms with Crippen molar-refractivity contribution in [1.29, 1.82) is 0 Å². The molecule has 4 nitrogen and oxygen atoms in total. The molecule has 0 radical (unpaired) electrons. The van der Waals surface area contributed by atoms with Crippen LogP contribution in [0.5, 0.6) is 0 Å². The highest BCUT2D eigenvalue weighted by Gasteiger charge is 2.10. The van der Waals surface area contributed by atoms with Crippen molar-refractivity contribution >= 4 is 44.1 Å². The lowest BCUT2D eigenvalue weighted by molar-refractivity contribution is 1.43. The van der Waals surface area contributed by atoms with Gasteiger partial charge in [-0.1, -0.05) is 47.7 Å². The molecular weight excluding hydrogens is 282 g/mol. The van der Waals surface area contributed by atoms with E-state index in [1.54, 1.807) is 0 Å². The number of hydrogen-bond donors (Lipinski definition) is 2. The molecule has 21 heavy (non-hydrogen) atoms. The fourth-order valence-electron chi connectivity index (χ4n) is 2.35. The van der Waals surface area contributed by atoms with E-state index in [4.69, 9.17) is 0 Å². The second kappa shape index (κ2) is 4.71. The Labute approximate surface area is 124 Å². The van der Waals surface area contributed by atoms with E-state index < -0.39 is 0 Å². The zero-order valence-electron chi connectivity index (χ0n) is 11.0. The predicted octanol–water partition coefficient (Wildman–Crippen LogP) is 3.88. The number of aromatic amines is 1. The molecule has 0 saturated carbocycles. The molecule has 0 fully saturated rings. The van der Waals surface area contributed by atoms with Gasteiger partial charge in [-0.2, -0.15) is 0 Å². The molecule has 4 rings (SSSR count). The summed E-state index contributed by atoms with van der Waals surface area (Å²) < 4.78 is -0.0189. The number of benzene rings is 2. The van der Waals surface area contributed by atoms with Crippen molar-refractivity contribution in [3.05, 3.63) is 64.1 Å². The van der Waals surface area contributed by atoms with E-state index in [0.29, 0.717) is 16.2 Å². The third-order valence-corrected chi connectivity index (χ3v) is 4.09. The molecule has 5 heteroatoms. The lowest BCUT2D eigenvalue weighted by Crippen LogP contribution is -2.00. The van der Waals surface area contributed by atoms with Gasteiger partial charge in [0, 0.05) is 16.6 Å². The van der Waals surface area contributed by atoms with Crippen LogP contribution in [-0.2, 0) is 0 Å². The number of H-pyrrole nitrogens is 1. The van der Waals surface area contributed by atoms with E-state index in [-0.39, 0.29) is 4.74 Å². The minimum Gasteiger partial charge on any atom is -0.349 e. The SMILES string of the molecule is O=c1sc(Nc2ccccc2)nc2c1[nH]c1ccccc12. The number of nitrogens with zero attached hydrogens (tertiary/aromatic N) is 1. The summed E-state index contributed by atoms with van der Waals surface area (Å²) in [4.78, 5) is 20.0. The number of aromatic nitrogens is 2. The van der Waals surface area contributed by atoms with Crippen molar-refractivity contribution in [2.24, 2.45) is 0 Å². The molecule has 2 heterocycles. The van der Waals surface area contributed by atoms with E-state index >= 15 is 0 Å². The van der Waals surface area contributed by atoms with Gasteiger partial charge in [-0.15, -0.1) is 0 Å². The van der Waals surface area contributed by atoms with E-state index in [2.05, 4.69) is 15.3 Å². The minimum atomic E-state index is -0.0189. The fourth-order valence-corrected chi connectivity index (χ4v) is 3.08. The number of rotatable bonds is 2. The molecule has 0 bridgehead atoms. The summed E-state index contributed by atoms with van der Waals surface area (Å²) in [5.74, 6) is 0. The monoisotopic (exact) mass is 293 g/mol. The summed E-state index contributed by atoms with van der Waals surface area (Å²) in [6, 6.07) is 17.5. The highest BCUT2D eigenvalue weighted by molar-refractivity contribution is 7.13. The average molecular weight is 293 g/mol. The van der Waals surface area contributed by atoms with Crippen LogP contribution in [0.2, 0.25) is 0 Å². The number of anilines is 2. The van der Waals surface area contributed by atoms with Gasteiger partial charge < -0.3 is 10.3 Å². The highest BCUT2D eigenvalue weighted by atomic mass is 32.1. The Morgan fingerprint density at radius 1 is 1.00 bits per heavy atom. The third kappa shape index (κ3) is 2.08. The Bertz CT molecular complexity index is 989. The van der Waals surface area contributed by atoms with Crippen LogP contribution >= 0.6 is 11.3 Å². The molecule has 2 N–H and O–H groups in total. The molecule has 0 amide bonds. The first kappa shape index (κ1) is 12.1. The van der Waals surface area contributed by atoms with Gasteiger partial charge in [-0.3, -0.25) is 4.79 Å². The molecule has 0 atom stereocenters. The Morgan fingerprint density at radius 3 is 2.62 bits per heavy atom. The van der Waals surface area contributed by atoms with Crippen LogP contribution in [0.3, 0.4) is 0 Å². The van der Waals surface area contributed by atoms with Crippen LogP contribution in [0.4, 0.5) is 10.8 Å². The summed E-state index contributed by atoms with van der Waals surface area (Å²) in [5, 5.41) is 4.75. The smallest absolute Gasteiger partial charge is 0.261 e. The molecule has 4 aromatic rings. The Morgan fingerprint density at radius 2 is 1.76 bits per heavy atom. The first-order valence-corrected chi connectivity index (χ1v) is 7.36. The molecule has 0 aliphatic rings. The van der Waals surface area contributed by atoms with Crippen molar-refractivity contribution in [2.75, 3.05) is 5.32 Å². The summed E-state index contributed by atoms with van der Waals surface area (Å²) in [7, 11) is 0. The summed E-state index contributed by atoms with van der Waals surface area (Å²) in [5.41, 5.74) is 3.13. The van der Waals surface area contributed by atoms with Crippen molar-refractivity contribution in [3.8, 4) is 0 Å². The number of fused-ring (bicyclic) bond motifs is 3. The average Bonchev–Trinajstić information content (AvgIpc) is 2.88. The molecule has 0 aliphatic carbocycles. The topological polar surface area (TPSA) is 57.8 Å². The maximum absolute atomic E-state index is 12.3. The maximum Gasteiger partial charge on any atom is 0.261 e. The first-order valence-electron chi connectivity index (χ1n) is 6.55. The van der Waals surface area contributed by atoms with Crippen LogP contribution < -0.4 is 10.1 Å². The Kier molecular flexibility index (Phi) is 2.72. The lowest BCUT2D eigenvalue weighted by atomic mass is 10.2. The molecule has 102 valence electrons. The molecule has 0 unspecified atom stereocenters. The van der Waals surface area contributed by atoms with Crippen LogP contribution in [-0.4, -0.2) is 9.97 Å². The maximum atomic E-state index is 12.3. The molecule has 0 spiro atoms. The second-order valence-electron chi connectivity index (χ2n) is 4.69. The van der Waals surface area contributed by atoms with Gasteiger partial charge in [0.15, 0.2) is 5.13 Å². The molecule has 2 aromatic heterocycles. The van der Waals surface area contributed by atoms with Gasteiger partial charge in [-0.05, 0) is 18.2 Å². The quantitative estimate of drug-likeness (QED) is 0.589. The van der Waals surface area contributed by atoms with E-state index in [1.807, 2.05) is 54.6 Å². The predicted molar refractivity (Wildman–Crippen MR) is 87.5 cm³/mol. The highest BCUT2D eigenvalue weighted by Crippen LogP contribution is 2.25. The number of hydrogen-bond acceptors (Lipinski definition) is 4. The van der Waals surface area contributed by atoms with Crippen LogP contribution in [0, 0.1) is 0 Å². The Hall–Kier alpha value is -2.66. The van der Waals surface area contributed by atoms with Gasteiger partial charge in [-0.25, -0.2) is 4.98 Å². The third-order valence-electron chi connectivity index (χ3n) is 3.31. The van der Waals surface area contributed by atoms with Crippen molar-refractivity contribution in [1.82, 2.24) is 9.97 Å². The van der Waals surface area contributed by atoms with Crippen LogP contribution in [0.25, 0.3) is 21.9 Å². The van der Waals surface area contributed by atoms with Gasteiger partial charge in [0.05, 0.1) is 0 Å². The van der Waals surface area contributed by atoms with Crippen molar-refractivity contribution < 1.29 is 0 Å². The van der Waals surface area contributed by atoms with Crippen LogP contribution in [0.1, 0.15) is 0 Å². The van der Waals surface area contributed by atoms with E-state index in [0.717, 1.165) is 27.9 Å². The van der Waals surface area contributed by atoms with Gasteiger partial charge in [0.2, 0.25) is 0 Å². The largest absolute Gasteiger partial charge is 0.349 e. The minimum absolute atomic E-state index is 0.0189. The summed E-state index contributed by atoms with van der Waals surface area (Å²) in [6.07, 6.45) is 0. The Balaban J connectivity index is 1.91. The van der Waals surface area contributed by atoms with Gasteiger partial charge in [0.1, 0.15) is 11.0 Å². The zero-order valence-corrected chi connectivity index (χ0v) is 11.8. The van der Waals surface area contributed by atoms with Crippen molar-refractivity contribution in [3.63, 3.8) is 0 Å². The summed E-state index contributed by atoms with van der Waals surface area (Å²) >= 11 is 1.11. The second-order valence-corrected chi connectivity index (χ2v) is 5.65. The molecule has 0 aliphatic heterocycles. The van der Waals surface area contributed by atoms with Gasteiger partial charge >= 0.3 is 0 Å². The van der Waals surface area contributed by atoms with Gasteiger partial charge in [0.25, 0.3) is 4.74 Å². The normalized spacial score (nSPS) is 11.0. The van der Waals surface area contributed by atoms with E-state index in [1.165, 1.54) is 0 Å². The molecule has 0 saturated heterocycles. The number of nitrogens with one attached hydrogen (secondary N) is 2. The zero-order chi connectivity index (χ0) is 14.2. The summed E-state index contributed by atoms with van der Waals surface area (Å²) in [6.45, 7) is 0. The first-order chi connectivity index (χ1) is 10.3. The number of para-hydroxylation sites is 2. The fraction of sp³-hybridized carbons (Fsp3) is 0.